The van der Waals surface area contributed by atoms with Crippen LogP contribution in [0.1, 0.15) is 16.0 Å². The third kappa shape index (κ3) is 2.89. The minimum absolute atomic E-state index is 0.363. The Bertz CT molecular complexity index is 720. The molecule has 0 saturated heterocycles. The largest absolute Gasteiger partial charge is 0.330 e. The van der Waals surface area contributed by atoms with E-state index in [1.54, 1.807) is 27.8 Å². The van der Waals surface area contributed by atoms with E-state index in [0.717, 1.165) is 24.0 Å². The number of nitrogens with zero attached hydrogens (tertiary/aromatic N) is 1. The Balaban J connectivity index is 1.84. The van der Waals surface area contributed by atoms with Crippen LogP contribution in [0.3, 0.4) is 0 Å². The molecule has 0 aliphatic carbocycles. The smallest absolute Gasteiger partial charge is 0.243 e. The number of benzene rings is 1. The van der Waals surface area contributed by atoms with Crippen LogP contribution in [-0.4, -0.2) is 25.8 Å². The molecule has 2 N–H and O–H groups in total. The maximum atomic E-state index is 12.7. The standard InChI is InChI=1S/C15H18N2O2S2/c16-8-5-12-1-3-14(4-2-12)21(18,19)17-9-6-15-13(11-17)7-10-20-15/h1-4,7,10H,5-6,8-9,11,16H2. The third-order valence-electron chi connectivity index (χ3n) is 3.77. The van der Waals surface area contributed by atoms with Crippen molar-refractivity contribution in [3.8, 4) is 0 Å². The maximum Gasteiger partial charge on any atom is 0.243 e. The van der Waals surface area contributed by atoms with Crippen LogP contribution >= 0.6 is 11.3 Å². The summed E-state index contributed by atoms with van der Waals surface area (Å²) in [6.07, 6.45) is 1.57. The lowest BCUT2D eigenvalue weighted by molar-refractivity contribution is 0.394. The van der Waals surface area contributed by atoms with Gasteiger partial charge in [-0.2, -0.15) is 4.31 Å². The van der Waals surface area contributed by atoms with E-state index in [-0.39, 0.29) is 0 Å². The Morgan fingerprint density at radius 2 is 1.95 bits per heavy atom. The van der Waals surface area contributed by atoms with Crippen LogP contribution in [0.4, 0.5) is 0 Å². The summed E-state index contributed by atoms with van der Waals surface area (Å²) in [6.45, 7) is 1.60. The van der Waals surface area contributed by atoms with Crippen LogP contribution in [0.25, 0.3) is 0 Å². The summed E-state index contributed by atoms with van der Waals surface area (Å²) in [5, 5.41) is 2.03. The highest BCUT2D eigenvalue weighted by Crippen LogP contribution is 2.28. The van der Waals surface area contributed by atoms with Crippen LogP contribution in [0.5, 0.6) is 0 Å². The first-order valence-corrected chi connectivity index (χ1v) is 9.27. The van der Waals surface area contributed by atoms with Gasteiger partial charge in [-0.15, -0.1) is 11.3 Å². The highest BCUT2D eigenvalue weighted by molar-refractivity contribution is 7.89. The lowest BCUT2D eigenvalue weighted by Gasteiger charge is -2.26. The normalized spacial score (nSPS) is 15.9. The quantitative estimate of drug-likeness (QED) is 0.936. The van der Waals surface area contributed by atoms with Crippen molar-refractivity contribution in [1.82, 2.24) is 4.31 Å². The van der Waals surface area contributed by atoms with Crippen molar-refractivity contribution in [3.05, 3.63) is 51.7 Å². The monoisotopic (exact) mass is 322 g/mol. The molecule has 1 aromatic carbocycles. The topological polar surface area (TPSA) is 63.4 Å². The van der Waals surface area contributed by atoms with Crippen molar-refractivity contribution in [3.63, 3.8) is 0 Å². The number of fused-ring (bicyclic) bond motifs is 1. The van der Waals surface area contributed by atoms with Gasteiger partial charge < -0.3 is 5.73 Å². The van der Waals surface area contributed by atoms with Crippen molar-refractivity contribution in [1.29, 1.82) is 0 Å². The van der Waals surface area contributed by atoms with Gasteiger partial charge in [0, 0.05) is 18.0 Å². The first-order chi connectivity index (χ1) is 10.1. The molecule has 6 heteroatoms. The maximum absolute atomic E-state index is 12.7. The van der Waals surface area contributed by atoms with Gasteiger partial charge in [-0.3, -0.25) is 0 Å². The van der Waals surface area contributed by atoms with E-state index in [4.69, 9.17) is 5.73 Å². The van der Waals surface area contributed by atoms with Gasteiger partial charge in [0.15, 0.2) is 0 Å². The Morgan fingerprint density at radius 1 is 1.19 bits per heavy atom. The van der Waals surface area contributed by atoms with Crippen LogP contribution in [0.2, 0.25) is 0 Å². The van der Waals surface area contributed by atoms with E-state index >= 15 is 0 Å². The van der Waals surface area contributed by atoms with Gasteiger partial charge in [0.05, 0.1) is 4.90 Å². The van der Waals surface area contributed by atoms with Crippen LogP contribution in [0, 0.1) is 0 Å². The van der Waals surface area contributed by atoms with Crippen LogP contribution in [0.15, 0.2) is 40.6 Å². The van der Waals surface area contributed by atoms with Crippen LogP contribution < -0.4 is 5.73 Å². The van der Waals surface area contributed by atoms with Gasteiger partial charge >= 0.3 is 0 Å². The zero-order valence-corrected chi connectivity index (χ0v) is 13.3. The predicted molar refractivity (Wildman–Crippen MR) is 84.8 cm³/mol. The number of sulfonamides is 1. The summed E-state index contributed by atoms with van der Waals surface area (Å²) < 4.78 is 27.0. The minimum Gasteiger partial charge on any atom is -0.330 e. The zero-order valence-electron chi connectivity index (χ0n) is 11.7. The van der Waals surface area contributed by atoms with Gasteiger partial charge in [-0.25, -0.2) is 8.42 Å². The summed E-state index contributed by atoms with van der Waals surface area (Å²) in [7, 11) is -3.41. The Morgan fingerprint density at radius 3 is 2.67 bits per heavy atom. The third-order valence-corrected chi connectivity index (χ3v) is 6.65. The summed E-state index contributed by atoms with van der Waals surface area (Å²) in [5.74, 6) is 0. The molecule has 0 saturated carbocycles. The van der Waals surface area contributed by atoms with Crippen molar-refractivity contribution in [2.45, 2.75) is 24.3 Å². The molecule has 4 nitrogen and oxygen atoms in total. The summed E-state index contributed by atoms with van der Waals surface area (Å²) in [6, 6.07) is 9.08. The zero-order chi connectivity index (χ0) is 14.9. The minimum atomic E-state index is -3.41. The fourth-order valence-electron chi connectivity index (χ4n) is 2.57. The first kappa shape index (κ1) is 14.7. The Hall–Kier alpha value is -1.21. The molecule has 1 aromatic heterocycles. The molecule has 21 heavy (non-hydrogen) atoms. The highest BCUT2D eigenvalue weighted by atomic mass is 32.2. The first-order valence-electron chi connectivity index (χ1n) is 6.95. The van der Waals surface area contributed by atoms with Gasteiger partial charge in [0.25, 0.3) is 0 Å². The number of hydrogen-bond acceptors (Lipinski definition) is 4. The number of nitrogens with two attached hydrogens (primary N) is 1. The van der Waals surface area contributed by atoms with Gasteiger partial charge in [-0.05, 0) is 54.1 Å². The van der Waals surface area contributed by atoms with Gasteiger partial charge in [0.2, 0.25) is 10.0 Å². The summed E-state index contributed by atoms with van der Waals surface area (Å²) >= 11 is 1.71. The van der Waals surface area contributed by atoms with Crippen molar-refractivity contribution < 1.29 is 8.42 Å². The molecule has 0 radical (unpaired) electrons. The fraction of sp³-hybridized carbons (Fsp3) is 0.333. The molecule has 1 aliphatic rings. The second-order valence-electron chi connectivity index (χ2n) is 5.14. The van der Waals surface area contributed by atoms with Crippen molar-refractivity contribution >= 4 is 21.4 Å². The molecule has 0 unspecified atom stereocenters. The molecule has 0 atom stereocenters. The van der Waals surface area contributed by atoms with E-state index in [1.165, 1.54) is 4.88 Å². The van der Waals surface area contributed by atoms with Gasteiger partial charge in [0.1, 0.15) is 0 Å². The van der Waals surface area contributed by atoms with E-state index in [1.807, 2.05) is 23.6 Å². The van der Waals surface area contributed by atoms with E-state index in [2.05, 4.69) is 0 Å². The van der Waals surface area contributed by atoms with Crippen molar-refractivity contribution in [2.75, 3.05) is 13.1 Å². The molecular weight excluding hydrogens is 304 g/mol. The molecule has 3 rings (SSSR count). The van der Waals surface area contributed by atoms with E-state index < -0.39 is 10.0 Å². The van der Waals surface area contributed by atoms with Crippen molar-refractivity contribution in [2.24, 2.45) is 5.73 Å². The second kappa shape index (κ2) is 5.88. The lowest BCUT2D eigenvalue weighted by Crippen LogP contribution is -2.35. The molecule has 0 spiro atoms. The second-order valence-corrected chi connectivity index (χ2v) is 8.08. The molecule has 1 aliphatic heterocycles. The van der Waals surface area contributed by atoms with Gasteiger partial charge in [-0.1, -0.05) is 12.1 Å². The van der Waals surface area contributed by atoms with Crippen LogP contribution in [-0.2, 0) is 29.4 Å². The summed E-state index contributed by atoms with van der Waals surface area (Å²) in [5.41, 5.74) is 7.71. The fourth-order valence-corrected chi connectivity index (χ4v) is 4.88. The molecule has 112 valence electrons. The molecule has 2 heterocycles. The average molecular weight is 322 g/mol. The number of thiophene rings is 1. The predicted octanol–water partition coefficient (Wildman–Crippen LogP) is 2.00. The van der Waals surface area contributed by atoms with E-state index in [9.17, 15) is 8.42 Å². The molecule has 0 fully saturated rings. The lowest BCUT2D eigenvalue weighted by atomic mass is 10.1. The highest BCUT2D eigenvalue weighted by Gasteiger charge is 2.28. The summed E-state index contributed by atoms with van der Waals surface area (Å²) in [4.78, 5) is 1.67. The number of rotatable bonds is 4. The molecule has 0 bridgehead atoms. The van der Waals surface area contributed by atoms with E-state index in [0.29, 0.717) is 24.5 Å². The Labute approximate surface area is 129 Å². The molecule has 2 aromatic rings. The molecular formula is C15H18N2O2S2. The number of hydrogen-bond donors (Lipinski definition) is 1. The average Bonchev–Trinajstić information content (AvgIpc) is 2.95. The molecule has 0 amide bonds. The Kier molecular flexibility index (Phi) is 4.12. The SMILES string of the molecule is NCCc1ccc(S(=O)(=O)N2CCc3sccc3C2)cc1.